The third-order valence-corrected chi connectivity index (χ3v) is 3.97. The molecule has 1 aliphatic rings. The maximum atomic E-state index is 12.7. The first-order chi connectivity index (χ1) is 11.2. The Morgan fingerprint density at radius 1 is 1.38 bits per heavy atom. The predicted molar refractivity (Wildman–Crippen MR) is 83.9 cm³/mol. The minimum absolute atomic E-state index is 0.0381. The van der Waals surface area contributed by atoms with Crippen molar-refractivity contribution in [1.29, 1.82) is 0 Å². The zero-order valence-electron chi connectivity index (χ0n) is 13.5. The summed E-state index contributed by atoms with van der Waals surface area (Å²) in [5.74, 6) is -0.339. The van der Waals surface area contributed by atoms with Crippen molar-refractivity contribution in [2.75, 3.05) is 13.6 Å². The lowest BCUT2D eigenvalue weighted by Gasteiger charge is -2.29. The molecule has 1 unspecified atom stereocenters. The quantitative estimate of drug-likeness (QED) is 0.860. The number of amides is 2. The van der Waals surface area contributed by atoms with Gasteiger partial charge in [-0.25, -0.2) is 0 Å². The van der Waals surface area contributed by atoms with Gasteiger partial charge < -0.3 is 10.2 Å². The molecule has 1 atom stereocenters. The molecule has 1 fully saturated rings. The fourth-order valence-corrected chi connectivity index (χ4v) is 2.59. The highest BCUT2D eigenvalue weighted by Gasteiger charge is 2.30. The predicted octanol–water partition coefficient (Wildman–Crippen LogP) is 2.85. The Morgan fingerprint density at radius 3 is 2.71 bits per heavy atom. The number of carbonyl (C=O) groups is 2. The Bertz CT molecular complexity index is 668. The molecule has 1 saturated heterocycles. The molecule has 1 aromatic carbocycles. The van der Waals surface area contributed by atoms with Gasteiger partial charge in [0.15, 0.2) is 0 Å². The van der Waals surface area contributed by atoms with Gasteiger partial charge in [-0.05, 0) is 36.6 Å². The van der Waals surface area contributed by atoms with Gasteiger partial charge in [0.2, 0.25) is 11.8 Å². The molecule has 0 bridgehead atoms. The van der Waals surface area contributed by atoms with Crippen LogP contribution in [0.5, 0.6) is 0 Å². The van der Waals surface area contributed by atoms with Crippen molar-refractivity contribution in [3.8, 4) is 0 Å². The maximum Gasteiger partial charge on any atom is 0.416 e. The Kier molecular flexibility index (Phi) is 5.31. The zero-order valence-corrected chi connectivity index (χ0v) is 13.5. The van der Waals surface area contributed by atoms with Gasteiger partial charge in [-0.2, -0.15) is 13.2 Å². The highest BCUT2D eigenvalue weighted by atomic mass is 19.4. The summed E-state index contributed by atoms with van der Waals surface area (Å²) in [6.45, 7) is 2.02. The third kappa shape index (κ3) is 4.59. The van der Waals surface area contributed by atoms with Crippen LogP contribution in [-0.4, -0.2) is 36.3 Å². The molecule has 2 rings (SSSR count). The van der Waals surface area contributed by atoms with Crippen molar-refractivity contribution in [1.82, 2.24) is 10.2 Å². The molecule has 1 aromatic rings. The van der Waals surface area contributed by atoms with E-state index in [-0.39, 0.29) is 17.9 Å². The molecule has 1 N–H and O–H groups in total. The summed E-state index contributed by atoms with van der Waals surface area (Å²) in [5, 5.41) is 2.78. The Labute approximate surface area is 138 Å². The SMILES string of the molecule is C/C(=C/C(=O)NC1CCC(=O)N(C)C1)c1cccc(C(F)(F)F)c1. The minimum Gasteiger partial charge on any atom is -0.348 e. The largest absolute Gasteiger partial charge is 0.416 e. The number of alkyl halides is 3. The molecule has 130 valence electrons. The number of allylic oxidation sites excluding steroid dienone is 1. The monoisotopic (exact) mass is 340 g/mol. The number of hydrogen-bond acceptors (Lipinski definition) is 2. The van der Waals surface area contributed by atoms with E-state index in [2.05, 4.69) is 5.32 Å². The molecule has 0 radical (unpaired) electrons. The second-order valence-corrected chi connectivity index (χ2v) is 5.92. The standard InChI is InChI=1S/C17H19F3N2O2/c1-11(12-4-3-5-13(9-12)17(18,19)20)8-15(23)21-14-6-7-16(24)22(2)10-14/h3-5,8-9,14H,6-7,10H2,1-2H3,(H,21,23)/b11-8-. The van der Waals surface area contributed by atoms with E-state index in [0.29, 0.717) is 30.5 Å². The van der Waals surface area contributed by atoms with E-state index in [1.807, 2.05) is 0 Å². The number of hydrogen-bond donors (Lipinski definition) is 1. The van der Waals surface area contributed by atoms with E-state index in [4.69, 9.17) is 0 Å². The topological polar surface area (TPSA) is 49.4 Å². The van der Waals surface area contributed by atoms with Crippen molar-refractivity contribution in [3.05, 3.63) is 41.5 Å². The zero-order chi connectivity index (χ0) is 17.9. The van der Waals surface area contributed by atoms with Gasteiger partial charge in [-0.15, -0.1) is 0 Å². The smallest absolute Gasteiger partial charge is 0.348 e. The van der Waals surface area contributed by atoms with Crippen molar-refractivity contribution in [2.45, 2.75) is 32.0 Å². The van der Waals surface area contributed by atoms with Crippen LogP contribution in [0, 0.1) is 0 Å². The summed E-state index contributed by atoms with van der Waals surface area (Å²) in [6, 6.07) is 4.71. The number of likely N-dealkylation sites (N-methyl/N-ethyl adjacent to an activating group) is 1. The number of nitrogens with one attached hydrogen (secondary N) is 1. The number of nitrogens with zero attached hydrogens (tertiary/aromatic N) is 1. The summed E-state index contributed by atoms with van der Waals surface area (Å²) < 4.78 is 38.2. The maximum absolute atomic E-state index is 12.7. The lowest BCUT2D eigenvalue weighted by Crippen LogP contribution is -2.48. The molecular formula is C17H19F3N2O2. The normalized spacial score (nSPS) is 19.4. The Balaban J connectivity index is 2.05. The molecule has 0 saturated carbocycles. The lowest BCUT2D eigenvalue weighted by atomic mass is 10.0. The van der Waals surface area contributed by atoms with Gasteiger partial charge in [0.05, 0.1) is 5.56 Å². The van der Waals surface area contributed by atoms with Crippen LogP contribution in [0.25, 0.3) is 5.57 Å². The van der Waals surface area contributed by atoms with Crippen molar-refractivity contribution < 1.29 is 22.8 Å². The van der Waals surface area contributed by atoms with Gasteiger partial charge in [0, 0.05) is 32.1 Å². The van der Waals surface area contributed by atoms with Gasteiger partial charge in [-0.3, -0.25) is 9.59 Å². The number of halogens is 3. The average Bonchev–Trinajstić information content (AvgIpc) is 2.50. The van der Waals surface area contributed by atoms with Gasteiger partial charge in [-0.1, -0.05) is 12.1 Å². The number of piperidine rings is 1. The van der Waals surface area contributed by atoms with Crippen LogP contribution in [0.15, 0.2) is 30.3 Å². The van der Waals surface area contributed by atoms with E-state index in [1.54, 1.807) is 18.9 Å². The van der Waals surface area contributed by atoms with E-state index in [0.717, 1.165) is 12.1 Å². The van der Waals surface area contributed by atoms with Crippen LogP contribution < -0.4 is 5.32 Å². The molecule has 1 aliphatic heterocycles. The van der Waals surface area contributed by atoms with Crippen molar-refractivity contribution in [3.63, 3.8) is 0 Å². The highest BCUT2D eigenvalue weighted by molar-refractivity contribution is 5.95. The first-order valence-corrected chi connectivity index (χ1v) is 7.57. The minimum atomic E-state index is -4.42. The number of carbonyl (C=O) groups excluding carboxylic acids is 2. The molecule has 0 aromatic heterocycles. The van der Waals surface area contributed by atoms with Gasteiger partial charge in [0.25, 0.3) is 0 Å². The second-order valence-electron chi connectivity index (χ2n) is 5.92. The fourth-order valence-electron chi connectivity index (χ4n) is 2.59. The van der Waals surface area contributed by atoms with Crippen LogP contribution in [-0.2, 0) is 15.8 Å². The summed E-state index contributed by atoms with van der Waals surface area (Å²) in [7, 11) is 1.67. The average molecular weight is 340 g/mol. The summed E-state index contributed by atoms with van der Waals surface area (Å²) in [5.41, 5.74) is 0.0373. The summed E-state index contributed by atoms with van der Waals surface area (Å²) >= 11 is 0. The molecule has 7 heteroatoms. The first-order valence-electron chi connectivity index (χ1n) is 7.57. The Morgan fingerprint density at radius 2 is 2.08 bits per heavy atom. The second kappa shape index (κ2) is 7.07. The summed E-state index contributed by atoms with van der Waals surface area (Å²) in [4.78, 5) is 25.0. The van der Waals surface area contributed by atoms with Crippen LogP contribution in [0.4, 0.5) is 13.2 Å². The third-order valence-electron chi connectivity index (χ3n) is 3.97. The summed E-state index contributed by atoms with van der Waals surface area (Å²) in [6.07, 6.45) is -2.20. The van der Waals surface area contributed by atoms with Gasteiger partial charge >= 0.3 is 6.18 Å². The molecule has 24 heavy (non-hydrogen) atoms. The molecule has 4 nitrogen and oxygen atoms in total. The molecule has 0 spiro atoms. The molecule has 1 heterocycles. The molecular weight excluding hydrogens is 321 g/mol. The van der Waals surface area contributed by atoms with Crippen molar-refractivity contribution >= 4 is 17.4 Å². The van der Waals surface area contributed by atoms with Crippen LogP contribution in [0.1, 0.15) is 30.9 Å². The number of likely N-dealkylation sites (tertiary alicyclic amines) is 1. The van der Waals surface area contributed by atoms with Crippen LogP contribution in [0.2, 0.25) is 0 Å². The number of benzene rings is 1. The van der Waals surface area contributed by atoms with E-state index in [9.17, 15) is 22.8 Å². The fraction of sp³-hybridized carbons (Fsp3) is 0.412. The Hall–Kier alpha value is -2.31. The van der Waals surface area contributed by atoms with Crippen LogP contribution in [0.3, 0.4) is 0 Å². The number of rotatable bonds is 3. The van der Waals surface area contributed by atoms with E-state index >= 15 is 0 Å². The lowest BCUT2D eigenvalue weighted by molar-refractivity contribution is -0.137. The van der Waals surface area contributed by atoms with Gasteiger partial charge in [0.1, 0.15) is 0 Å². The molecule has 0 aliphatic carbocycles. The highest BCUT2D eigenvalue weighted by Crippen LogP contribution is 2.30. The van der Waals surface area contributed by atoms with E-state index in [1.165, 1.54) is 18.2 Å². The van der Waals surface area contributed by atoms with Crippen LogP contribution >= 0.6 is 0 Å². The first kappa shape index (κ1) is 18.0. The van der Waals surface area contributed by atoms with E-state index < -0.39 is 11.7 Å². The molecule has 2 amide bonds. The van der Waals surface area contributed by atoms with Crippen molar-refractivity contribution in [2.24, 2.45) is 0 Å².